The lowest BCUT2D eigenvalue weighted by atomic mass is 9.82. The van der Waals surface area contributed by atoms with Crippen molar-refractivity contribution >= 4 is 51.7 Å². The first kappa shape index (κ1) is 26.4. The largest absolute Gasteiger partial charge is 0.494 e. The predicted molar refractivity (Wildman–Crippen MR) is 146 cm³/mol. The summed E-state index contributed by atoms with van der Waals surface area (Å²) in [6, 6.07) is 14.8. The fourth-order valence-corrected chi connectivity index (χ4v) is 5.34. The number of carbonyl (C=O) groups excluding carboxylic acids is 2. The van der Waals surface area contributed by atoms with E-state index >= 15 is 0 Å². The molecule has 0 aliphatic heterocycles. The number of aromatic nitrogens is 1. The molecule has 2 aromatic carbocycles. The molecule has 2 unspecified atom stereocenters. The first-order chi connectivity index (χ1) is 17.9. The number of amides is 2. The van der Waals surface area contributed by atoms with Crippen molar-refractivity contribution in [1.82, 2.24) is 4.98 Å². The van der Waals surface area contributed by atoms with E-state index in [1.807, 2.05) is 54.8 Å². The molecule has 2 amide bonds. The van der Waals surface area contributed by atoms with Gasteiger partial charge in [-0.3, -0.25) is 14.4 Å². The number of carboxylic acid groups (broad SMARTS) is 1. The standard InChI is InChI=1S/C27H27N3O5S2/c1-2-35-19-11-7-17(8-12-19)23-15-37-27(29-23)30-24(31)16-36-20-13-9-18(10-14-20)28-25(32)21-5-3-4-6-22(21)26(33)34/h3-4,7-15,21-22H,2,5-6,16H2,1H3,(H,28,32)(H,33,34)(H,29,30,31). The topological polar surface area (TPSA) is 118 Å². The van der Waals surface area contributed by atoms with Gasteiger partial charge >= 0.3 is 5.97 Å². The molecule has 0 saturated heterocycles. The van der Waals surface area contributed by atoms with E-state index in [1.165, 1.54) is 23.1 Å². The first-order valence-corrected chi connectivity index (χ1v) is 13.7. The monoisotopic (exact) mass is 537 g/mol. The fourth-order valence-electron chi connectivity index (χ4n) is 3.90. The number of hydrogen-bond acceptors (Lipinski definition) is 7. The van der Waals surface area contributed by atoms with E-state index in [1.54, 1.807) is 18.2 Å². The molecule has 3 N–H and O–H groups in total. The average molecular weight is 538 g/mol. The van der Waals surface area contributed by atoms with E-state index in [0.29, 0.717) is 30.3 Å². The van der Waals surface area contributed by atoms with Crippen LogP contribution in [0, 0.1) is 11.8 Å². The molecule has 0 radical (unpaired) electrons. The van der Waals surface area contributed by atoms with Crippen LogP contribution in [0.3, 0.4) is 0 Å². The SMILES string of the molecule is CCOc1ccc(-c2csc(NC(=O)CSc3ccc(NC(=O)C4CC=CCC4C(=O)O)cc3)n2)cc1. The number of thiazole rings is 1. The molecule has 10 heteroatoms. The number of anilines is 2. The first-order valence-electron chi connectivity index (χ1n) is 11.8. The highest BCUT2D eigenvalue weighted by Gasteiger charge is 2.33. The van der Waals surface area contributed by atoms with Crippen LogP contribution in [0.1, 0.15) is 19.8 Å². The molecule has 3 aromatic rings. The van der Waals surface area contributed by atoms with Crippen LogP contribution in [0.2, 0.25) is 0 Å². The van der Waals surface area contributed by atoms with E-state index in [0.717, 1.165) is 21.9 Å². The summed E-state index contributed by atoms with van der Waals surface area (Å²) in [7, 11) is 0. The highest BCUT2D eigenvalue weighted by Crippen LogP contribution is 2.29. The van der Waals surface area contributed by atoms with Gasteiger partial charge in [0.2, 0.25) is 11.8 Å². The number of allylic oxidation sites excluding steroid dienone is 2. The van der Waals surface area contributed by atoms with Gasteiger partial charge in [-0.15, -0.1) is 23.1 Å². The number of carboxylic acids is 1. The Morgan fingerprint density at radius 2 is 1.73 bits per heavy atom. The van der Waals surface area contributed by atoms with Crippen molar-refractivity contribution in [3.05, 3.63) is 66.1 Å². The quantitative estimate of drug-likeness (QED) is 0.229. The summed E-state index contributed by atoms with van der Waals surface area (Å²) in [4.78, 5) is 41.9. The Balaban J connectivity index is 1.25. The molecule has 0 saturated carbocycles. The van der Waals surface area contributed by atoms with Gasteiger partial charge in [0.1, 0.15) is 5.75 Å². The minimum Gasteiger partial charge on any atom is -0.494 e. The van der Waals surface area contributed by atoms with Crippen LogP contribution in [-0.2, 0) is 14.4 Å². The molecule has 1 aliphatic carbocycles. The van der Waals surface area contributed by atoms with Crippen molar-refractivity contribution in [3.8, 4) is 17.0 Å². The normalized spacial score (nSPS) is 16.7. The lowest BCUT2D eigenvalue weighted by Crippen LogP contribution is -2.34. The van der Waals surface area contributed by atoms with Crippen molar-refractivity contribution in [2.24, 2.45) is 11.8 Å². The highest BCUT2D eigenvalue weighted by atomic mass is 32.2. The molecule has 8 nitrogen and oxygen atoms in total. The minimum absolute atomic E-state index is 0.167. The Morgan fingerprint density at radius 3 is 2.41 bits per heavy atom. The zero-order valence-corrected chi connectivity index (χ0v) is 21.8. The molecule has 4 rings (SSSR count). The van der Waals surface area contributed by atoms with Gasteiger partial charge in [-0.05, 0) is 68.3 Å². The zero-order chi connectivity index (χ0) is 26.2. The molecule has 2 atom stereocenters. The van der Waals surface area contributed by atoms with Crippen molar-refractivity contribution in [3.63, 3.8) is 0 Å². The smallest absolute Gasteiger partial charge is 0.307 e. The molecule has 0 bridgehead atoms. The minimum atomic E-state index is -0.959. The number of rotatable bonds is 10. The third-order valence-corrected chi connectivity index (χ3v) is 7.56. The van der Waals surface area contributed by atoms with Gasteiger partial charge in [0.25, 0.3) is 0 Å². The summed E-state index contributed by atoms with van der Waals surface area (Å²) in [5.74, 6) is -1.73. The number of benzene rings is 2. The maximum Gasteiger partial charge on any atom is 0.307 e. The van der Waals surface area contributed by atoms with Crippen molar-refractivity contribution in [2.45, 2.75) is 24.7 Å². The summed E-state index contributed by atoms with van der Waals surface area (Å²) in [6.45, 7) is 2.55. The highest BCUT2D eigenvalue weighted by molar-refractivity contribution is 8.00. The van der Waals surface area contributed by atoms with E-state index in [2.05, 4.69) is 15.6 Å². The fraction of sp³-hybridized carbons (Fsp3) is 0.259. The Labute approximate surface area is 223 Å². The number of carbonyl (C=O) groups is 3. The number of nitrogens with one attached hydrogen (secondary N) is 2. The van der Waals surface area contributed by atoms with Crippen LogP contribution in [0.15, 0.2) is 71.0 Å². The van der Waals surface area contributed by atoms with Crippen molar-refractivity contribution in [1.29, 1.82) is 0 Å². The van der Waals surface area contributed by atoms with Crippen LogP contribution >= 0.6 is 23.1 Å². The second-order valence-electron chi connectivity index (χ2n) is 8.34. The van der Waals surface area contributed by atoms with Gasteiger partial charge in [-0.25, -0.2) is 4.98 Å². The Morgan fingerprint density at radius 1 is 1.03 bits per heavy atom. The number of hydrogen-bond donors (Lipinski definition) is 3. The lowest BCUT2D eigenvalue weighted by molar-refractivity contribution is -0.146. The second-order valence-corrected chi connectivity index (χ2v) is 10.2. The molecule has 1 heterocycles. The number of ether oxygens (including phenoxy) is 1. The summed E-state index contributed by atoms with van der Waals surface area (Å²) in [6.07, 6.45) is 4.42. The Hall–Kier alpha value is -3.63. The summed E-state index contributed by atoms with van der Waals surface area (Å²) in [5.41, 5.74) is 2.31. The van der Waals surface area contributed by atoms with Gasteiger partial charge < -0.3 is 20.5 Å². The molecule has 192 valence electrons. The summed E-state index contributed by atoms with van der Waals surface area (Å²) >= 11 is 2.73. The van der Waals surface area contributed by atoms with Crippen molar-refractivity contribution in [2.75, 3.05) is 23.0 Å². The van der Waals surface area contributed by atoms with E-state index in [4.69, 9.17) is 4.74 Å². The Kier molecular flexibility index (Phi) is 8.97. The van der Waals surface area contributed by atoms with Gasteiger partial charge in [-0.2, -0.15) is 0 Å². The van der Waals surface area contributed by atoms with Crippen LogP contribution in [0.25, 0.3) is 11.3 Å². The maximum absolute atomic E-state index is 12.6. The van der Waals surface area contributed by atoms with Crippen LogP contribution in [0.5, 0.6) is 5.75 Å². The maximum atomic E-state index is 12.6. The van der Waals surface area contributed by atoms with Gasteiger partial charge in [0.05, 0.1) is 29.9 Å². The molecule has 0 spiro atoms. The number of thioether (sulfide) groups is 1. The Bertz CT molecular complexity index is 1270. The molecule has 1 aliphatic rings. The van der Waals surface area contributed by atoms with E-state index in [9.17, 15) is 19.5 Å². The summed E-state index contributed by atoms with van der Waals surface area (Å²) in [5, 5.41) is 17.4. The zero-order valence-electron chi connectivity index (χ0n) is 20.2. The van der Waals surface area contributed by atoms with Gasteiger partial charge in [0, 0.05) is 21.5 Å². The van der Waals surface area contributed by atoms with Crippen LogP contribution < -0.4 is 15.4 Å². The van der Waals surface area contributed by atoms with Gasteiger partial charge in [0.15, 0.2) is 5.13 Å². The molecule has 0 fully saturated rings. The average Bonchev–Trinajstić information content (AvgIpc) is 3.37. The van der Waals surface area contributed by atoms with Crippen LogP contribution in [-0.4, -0.2) is 40.2 Å². The lowest BCUT2D eigenvalue weighted by Gasteiger charge is -2.24. The molecule has 37 heavy (non-hydrogen) atoms. The third-order valence-electron chi connectivity index (χ3n) is 5.79. The molecular weight excluding hydrogens is 510 g/mol. The second kappa shape index (κ2) is 12.6. The van der Waals surface area contributed by atoms with Crippen LogP contribution in [0.4, 0.5) is 10.8 Å². The number of nitrogens with zero attached hydrogens (tertiary/aromatic N) is 1. The van der Waals surface area contributed by atoms with E-state index < -0.39 is 17.8 Å². The molecule has 1 aromatic heterocycles. The summed E-state index contributed by atoms with van der Waals surface area (Å²) < 4.78 is 5.46. The predicted octanol–water partition coefficient (Wildman–Crippen LogP) is 5.55. The van der Waals surface area contributed by atoms with Crippen molar-refractivity contribution < 1.29 is 24.2 Å². The number of aliphatic carboxylic acids is 1. The van der Waals surface area contributed by atoms with Gasteiger partial charge in [-0.1, -0.05) is 12.2 Å². The third kappa shape index (κ3) is 7.21. The molecular formula is C27H27N3O5S2. The van der Waals surface area contributed by atoms with E-state index in [-0.39, 0.29) is 17.6 Å².